The van der Waals surface area contributed by atoms with Crippen LogP contribution in [0.1, 0.15) is 23.6 Å². The van der Waals surface area contributed by atoms with E-state index in [1.807, 2.05) is 49.4 Å². The molecule has 0 radical (unpaired) electrons. The fourth-order valence-electron chi connectivity index (χ4n) is 2.87. The number of benzene rings is 2. The van der Waals surface area contributed by atoms with Gasteiger partial charge in [-0.1, -0.05) is 24.3 Å². The number of amides is 1. The summed E-state index contributed by atoms with van der Waals surface area (Å²) >= 11 is 0. The van der Waals surface area contributed by atoms with Gasteiger partial charge in [0.2, 0.25) is 5.91 Å². The Balaban J connectivity index is 1.62. The van der Waals surface area contributed by atoms with Gasteiger partial charge in [0.15, 0.2) is 0 Å². The van der Waals surface area contributed by atoms with Crippen molar-refractivity contribution in [1.29, 1.82) is 0 Å². The lowest BCUT2D eigenvalue weighted by Crippen LogP contribution is -2.35. The Morgan fingerprint density at radius 1 is 1.29 bits per heavy atom. The van der Waals surface area contributed by atoms with Gasteiger partial charge < -0.3 is 20.1 Å². The van der Waals surface area contributed by atoms with Crippen LogP contribution in [0.2, 0.25) is 0 Å². The number of rotatable bonds is 5. The number of para-hydroxylation sites is 1. The van der Waals surface area contributed by atoms with Gasteiger partial charge in [0, 0.05) is 12.0 Å². The molecule has 3 rings (SSSR count). The number of carbonyl (C=O) groups excluding carboxylic acids is 1. The van der Waals surface area contributed by atoms with E-state index in [9.17, 15) is 4.79 Å². The number of fused-ring (bicyclic) bond motifs is 1. The molecule has 0 spiro atoms. The van der Waals surface area contributed by atoms with Crippen LogP contribution in [0.3, 0.4) is 0 Å². The van der Waals surface area contributed by atoms with Crippen LogP contribution in [0.4, 0.5) is 5.69 Å². The molecule has 1 aliphatic rings. The summed E-state index contributed by atoms with van der Waals surface area (Å²) < 4.78 is 10.9. The molecule has 0 aromatic heterocycles. The van der Waals surface area contributed by atoms with E-state index >= 15 is 0 Å². The second-order valence-electron chi connectivity index (χ2n) is 5.85. The van der Waals surface area contributed by atoms with Crippen LogP contribution in [0.15, 0.2) is 42.5 Å². The molecule has 0 saturated heterocycles. The lowest BCUT2D eigenvalue weighted by Gasteiger charge is -2.26. The lowest BCUT2D eigenvalue weighted by molar-refractivity contribution is -0.120. The smallest absolute Gasteiger partial charge is 0.239 e. The van der Waals surface area contributed by atoms with Crippen LogP contribution in [0, 0.1) is 6.92 Å². The molecule has 2 aromatic rings. The number of methoxy groups -OCH3 is 1. The maximum absolute atomic E-state index is 12.3. The highest BCUT2D eigenvalue weighted by molar-refractivity contribution is 5.82. The average molecular weight is 326 g/mol. The molecule has 5 heteroatoms. The molecule has 1 amide bonds. The zero-order valence-corrected chi connectivity index (χ0v) is 14.0. The van der Waals surface area contributed by atoms with E-state index in [4.69, 9.17) is 9.47 Å². The first-order valence-electron chi connectivity index (χ1n) is 8.07. The average Bonchev–Trinajstić information content (AvgIpc) is 2.60. The molecule has 0 saturated carbocycles. The predicted molar refractivity (Wildman–Crippen MR) is 93.7 cm³/mol. The Labute approximate surface area is 142 Å². The van der Waals surface area contributed by atoms with Gasteiger partial charge >= 0.3 is 0 Å². The van der Waals surface area contributed by atoms with Crippen molar-refractivity contribution in [3.63, 3.8) is 0 Å². The summed E-state index contributed by atoms with van der Waals surface area (Å²) in [6.07, 6.45) is 0.774. The zero-order valence-electron chi connectivity index (χ0n) is 14.0. The molecule has 1 atom stereocenters. The van der Waals surface area contributed by atoms with Crippen LogP contribution in [-0.4, -0.2) is 26.2 Å². The summed E-state index contributed by atoms with van der Waals surface area (Å²) in [6, 6.07) is 13.7. The summed E-state index contributed by atoms with van der Waals surface area (Å²) in [4.78, 5) is 12.3. The number of hydrogen-bond acceptors (Lipinski definition) is 4. The predicted octanol–water partition coefficient (Wildman–Crippen LogP) is 3.06. The van der Waals surface area contributed by atoms with E-state index in [1.165, 1.54) is 0 Å². The van der Waals surface area contributed by atoms with Crippen LogP contribution in [0.5, 0.6) is 11.5 Å². The van der Waals surface area contributed by atoms with Gasteiger partial charge in [-0.05, 0) is 30.7 Å². The first kappa shape index (κ1) is 16.2. The van der Waals surface area contributed by atoms with E-state index in [0.717, 1.165) is 34.7 Å². The summed E-state index contributed by atoms with van der Waals surface area (Å²) in [5, 5.41) is 6.23. The highest BCUT2D eigenvalue weighted by Crippen LogP contribution is 2.31. The number of aryl methyl sites for hydroxylation is 1. The summed E-state index contributed by atoms with van der Waals surface area (Å²) in [5.41, 5.74) is 2.96. The van der Waals surface area contributed by atoms with Crippen molar-refractivity contribution >= 4 is 11.6 Å². The fourth-order valence-corrected chi connectivity index (χ4v) is 2.87. The third-order valence-electron chi connectivity index (χ3n) is 4.09. The number of nitrogens with one attached hydrogen (secondary N) is 2. The van der Waals surface area contributed by atoms with E-state index in [-0.39, 0.29) is 18.5 Å². The SMILES string of the molecule is COc1ccc(C)cc1NCC(=O)NC1CCOc2ccccc21. The van der Waals surface area contributed by atoms with E-state index < -0.39 is 0 Å². The highest BCUT2D eigenvalue weighted by Gasteiger charge is 2.22. The minimum atomic E-state index is -0.0553. The van der Waals surface area contributed by atoms with E-state index in [1.54, 1.807) is 7.11 Å². The fraction of sp³-hybridized carbons (Fsp3) is 0.316. The first-order chi connectivity index (χ1) is 11.7. The van der Waals surface area contributed by atoms with Crippen molar-refractivity contribution in [2.24, 2.45) is 0 Å². The van der Waals surface area contributed by atoms with Gasteiger partial charge in [-0.3, -0.25) is 4.79 Å². The minimum absolute atomic E-state index is 0.0105. The molecule has 1 unspecified atom stereocenters. The molecular formula is C19H22N2O3. The van der Waals surface area contributed by atoms with E-state index in [0.29, 0.717) is 6.61 Å². The summed E-state index contributed by atoms with van der Waals surface area (Å²) in [7, 11) is 1.62. The Kier molecular flexibility index (Phi) is 4.89. The van der Waals surface area contributed by atoms with Crippen LogP contribution >= 0.6 is 0 Å². The molecular weight excluding hydrogens is 304 g/mol. The molecule has 2 N–H and O–H groups in total. The molecule has 1 heterocycles. The number of ether oxygens (including phenoxy) is 2. The monoisotopic (exact) mass is 326 g/mol. The second-order valence-corrected chi connectivity index (χ2v) is 5.85. The molecule has 0 aliphatic carbocycles. The normalized spacial score (nSPS) is 15.8. The topological polar surface area (TPSA) is 59.6 Å². The molecule has 0 bridgehead atoms. The number of hydrogen-bond donors (Lipinski definition) is 2. The van der Waals surface area contributed by atoms with Crippen LogP contribution in [0.25, 0.3) is 0 Å². The van der Waals surface area contributed by atoms with Crippen molar-refractivity contribution in [3.8, 4) is 11.5 Å². The van der Waals surface area contributed by atoms with Crippen molar-refractivity contribution in [1.82, 2.24) is 5.32 Å². The summed E-state index contributed by atoms with van der Waals surface area (Å²) in [5.74, 6) is 1.52. The van der Waals surface area contributed by atoms with Gasteiger partial charge in [0.25, 0.3) is 0 Å². The van der Waals surface area contributed by atoms with Gasteiger partial charge in [-0.15, -0.1) is 0 Å². The Bertz CT molecular complexity index is 730. The second kappa shape index (κ2) is 7.25. The van der Waals surface area contributed by atoms with Crippen molar-refractivity contribution in [3.05, 3.63) is 53.6 Å². The van der Waals surface area contributed by atoms with Crippen LogP contribution in [-0.2, 0) is 4.79 Å². The van der Waals surface area contributed by atoms with Gasteiger partial charge in [0.05, 0.1) is 32.0 Å². The third kappa shape index (κ3) is 3.62. The Morgan fingerprint density at radius 3 is 2.96 bits per heavy atom. The minimum Gasteiger partial charge on any atom is -0.495 e. The van der Waals surface area contributed by atoms with Crippen LogP contribution < -0.4 is 20.1 Å². The maximum atomic E-state index is 12.3. The zero-order chi connectivity index (χ0) is 16.9. The van der Waals surface area contributed by atoms with Gasteiger partial charge in [-0.25, -0.2) is 0 Å². The van der Waals surface area contributed by atoms with Crippen molar-refractivity contribution in [2.45, 2.75) is 19.4 Å². The number of anilines is 1. The highest BCUT2D eigenvalue weighted by atomic mass is 16.5. The summed E-state index contributed by atoms with van der Waals surface area (Å²) in [6.45, 7) is 2.81. The molecule has 126 valence electrons. The quantitative estimate of drug-likeness (QED) is 0.886. The van der Waals surface area contributed by atoms with Crippen molar-refractivity contribution in [2.75, 3.05) is 25.6 Å². The number of carbonyl (C=O) groups is 1. The molecule has 2 aromatic carbocycles. The van der Waals surface area contributed by atoms with Gasteiger partial charge in [-0.2, -0.15) is 0 Å². The lowest BCUT2D eigenvalue weighted by atomic mass is 10.0. The molecule has 0 fully saturated rings. The van der Waals surface area contributed by atoms with Crippen molar-refractivity contribution < 1.29 is 14.3 Å². The maximum Gasteiger partial charge on any atom is 0.239 e. The van der Waals surface area contributed by atoms with Gasteiger partial charge in [0.1, 0.15) is 11.5 Å². The molecule has 5 nitrogen and oxygen atoms in total. The first-order valence-corrected chi connectivity index (χ1v) is 8.07. The largest absolute Gasteiger partial charge is 0.495 e. The third-order valence-corrected chi connectivity index (χ3v) is 4.09. The Hall–Kier alpha value is -2.69. The molecule has 1 aliphatic heterocycles. The Morgan fingerprint density at radius 2 is 2.12 bits per heavy atom. The standard InChI is InChI=1S/C19H22N2O3/c1-13-7-8-18(23-2)16(11-13)20-12-19(22)21-15-9-10-24-17-6-4-3-5-14(15)17/h3-8,11,15,20H,9-10,12H2,1-2H3,(H,21,22). The molecule has 24 heavy (non-hydrogen) atoms. The van der Waals surface area contributed by atoms with E-state index in [2.05, 4.69) is 10.6 Å².